The second-order valence-corrected chi connectivity index (χ2v) is 5.24. The van der Waals surface area contributed by atoms with Crippen molar-refractivity contribution in [1.82, 2.24) is 0 Å². The molecule has 0 heterocycles. The fourth-order valence-corrected chi connectivity index (χ4v) is 2.87. The van der Waals surface area contributed by atoms with Gasteiger partial charge in [0.2, 0.25) is 0 Å². The van der Waals surface area contributed by atoms with Crippen LogP contribution in [-0.4, -0.2) is 20.0 Å². The number of Topliss-reactive ketones (excluding diaryl/α,β-unsaturated/α-hetero) is 1. The van der Waals surface area contributed by atoms with E-state index in [1.165, 1.54) is 0 Å². The highest BCUT2D eigenvalue weighted by Crippen LogP contribution is 2.34. The summed E-state index contributed by atoms with van der Waals surface area (Å²) in [5.41, 5.74) is 3.61. The molecule has 0 spiro atoms. The molecule has 3 heteroatoms. The summed E-state index contributed by atoms with van der Waals surface area (Å²) in [6, 6.07) is 13.5. The van der Waals surface area contributed by atoms with Gasteiger partial charge < -0.3 is 9.47 Å². The zero-order chi connectivity index (χ0) is 15.5. The van der Waals surface area contributed by atoms with E-state index in [4.69, 9.17) is 9.47 Å². The number of aryl methyl sites for hydroxylation is 1. The largest absolute Gasteiger partial charge is 0.493 e. The minimum Gasteiger partial charge on any atom is -0.493 e. The highest BCUT2D eigenvalue weighted by atomic mass is 16.5. The van der Waals surface area contributed by atoms with Gasteiger partial charge in [-0.25, -0.2) is 0 Å². The van der Waals surface area contributed by atoms with Gasteiger partial charge in [0.15, 0.2) is 17.3 Å². The lowest BCUT2D eigenvalue weighted by atomic mass is 9.86. The molecular weight excluding hydrogens is 276 g/mol. The Hall–Kier alpha value is -2.55. The van der Waals surface area contributed by atoms with E-state index in [-0.39, 0.29) is 5.78 Å². The lowest BCUT2D eigenvalue weighted by molar-refractivity contribution is 0.102. The summed E-state index contributed by atoms with van der Waals surface area (Å²) in [5.74, 6) is 1.43. The lowest BCUT2D eigenvalue weighted by Gasteiger charge is -2.18. The summed E-state index contributed by atoms with van der Waals surface area (Å²) in [6.07, 6.45) is 3.55. The monoisotopic (exact) mass is 294 g/mol. The molecule has 1 aliphatic rings. The molecule has 0 bridgehead atoms. The molecule has 0 unspecified atom stereocenters. The number of carbonyl (C=O) groups is 1. The molecule has 2 aromatic carbocycles. The summed E-state index contributed by atoms with van der Waals surface area (Å²) in [4.78, 5) is 12.6. The molecule has 0 aliphatic heterocycles. The lowest BCUT2D eigenvalue weighted by Crippen LogP contribution is -2.13. The number of benzene rings is 2. The standard InChI is InChI=1S/C19H18O3/c1-21-17-9-5-7-15(19(17)22-2)12-14-11-10-13-6-3-4-8-16(13)18(14)20/h3-9,12H,10-11H2,1-2H3/b14-12-. The molecule has 0 saturated heterocycles. The Labute approximate surface area is 130 Å². The van der Waals surface area contributed by atoms with Crippen molar-refractivity contribution in [3.63, 3.8) is 0 Å². The first-order valence-electron chi connectivity index (χ1n) is 7.28. The van der Waals surface area contributed by atoms with Gasteiger partial charge in [0.1, 0.15) is 0 Å². The van der Waals surface area contributed by atoms with Crippen LogP contribution in [0.15, 0.2) is 48.0 Å². The van der Waals surface area contributed by atoms with Crippen molar-refractivity contribution in [2.75, 3.05) is 14.2 Å². The van der Waals surface area contributed by atoms with Gasteiger partial charge in [-0.05, 0) is 30.5 Å². The fourth-order valence-electron chi connectivity index (χ4n) is 2.87. The maximum absolute atomic E-state index is 12.6. The number of rotatable bonds is 3. The van der Waals surface area contributed by atoms with Crippen molar-refractivity contribution in [3.05, 3.63) is 64.7 Å². The number of para-hydroxylation sites is 1. The molecule has 1 aliphatic carbocycles. The van der Waals surface area contributed by atoms with Gasteiger partial charge in [-0.2, -0.15) is 0 Å². The number of hydrogen-bond acceptors (Lipinski definition) is 3. The van der Waals surface area contributed by atoms with Crippen LogP contribution in [0.1, 0.15) is 27.9 Å². The predicted octanol–water partition coefficient (Wildman–Crippen LogP) is 3.92. The summed E-state index contributed by atoms with van der Waals surface area (Å²) >= 11 is 0. The number of fused-ring (bicyclic) bond motifs is 1. The van der Waals surface area contributed by atoms with Crippen LogP contribution < -0.4 is 9.47 Å². The van der Waals surface area contributed by atoms with E-state index in [1.54, 1.807) is 14.2 Å². The van der Waals surface area contributed by atoms with Crippen LogP contribution in [0, 0.1) is 0 Å². The highest BCUT2D eigenvalue weighted by molar-refractivity contribution is 6.13. The van der Waals surface area contributed by atoms with Crippen molar-refractivity contribution < 1.29 is 14.3 Å². The first-order valence-corrected chi connectivity index (χ1v) is 7.28. The van der Waals surface area contributed by atoms with Crippen molar-refractivity contribution >= 4 is 11.9 Å². The topological polar surface area (TPSA) is 35.5 Å². The molecule has 0 saturated carbocycles. The summed E-state index contributed by atoms with van der Waals surface area (Å²) < 4.78 is 10.7. The smallest absolute Gasteiger partial charge is 0.189 e. The average Bonchev–Trinajstić information content (AvgIpc) is 2.57. The third-order valence-corrected chi connectivity index (χ3v) is 3.98. The van der Waals surface area contributed by atoms with Crippen LogP contribution in [0.3, 0.4) is 0 Å². The van der Waals surface area contributed by atoms with Crippen LogP contribution in [0.4, 0.5) is 0 Å². The van der Waals surface area contributed by atoms with Crippen molar-refractivity contribution in [2.45, 2.75) is 12.8 Å². The zero-order valence-electron chi connectivity index (χ0n) is 12.8. The van der Waals surface area contributed by atoms with Gasteiger partial charge in [-0.15, -0.1) is 0 Å². The van der Waals surface area contributed by atoms with Crippen LogP contribution in [-0.2, 0) is 6.42 Å². The van der Waals surface area contributed by atoms with E-state index in [1.807, 2.05) is 48.5 Å². The molecule has 0 fully saturated rings. The number of ether oxygens (including phenoxy) is 2. The van der Waals surface area contributed by atoms with E-state index in [2.05, 4.69) is 0 Å². The maximum atomic E-state index is 12.6. The Kier molecular flexibility index (Phi) is 3.96. The molecule has 2 aromatic rings. The van der Waals surface area contributed by atoms with Gasteiger partial charge in [0, 0.05) is 16.7 Å². The Morgan fingerprint density at radius 3 is 2.55 bits per heavy atom. The highest BCUT2D eigenvalue weighted by Gasteiger charge is 2.21. The van der Waals surface area contributed by atoms with E-state index in [9.17, 15) is 4.79 Å². The Morgan fingerprint density at radius 2 is 1.77 bits per heavy atom. The van der Waals surface area contributed by atoms with E-state index >= 15 is 0 Å². The van der Waals surface area contributed by atoms with Gasteiger partial charge in [-0.3, -0.25) is 4.79 Å². The first kappa shape index (κ1) is 14.4. The van der Waals surface area contributed by atoms with E-state index in [0.29, 0.717) is 11.5 Å². The van der Waals surface area contributed by atoms with Crippen molar-refractivity contribution in [3.8, 4) is 11.5 Å². The molecule has 0 atom stereocenters. The predicted molar refractivity (Wildman–Crippen MR) is 86.6 cm³/mol. The summed E-state index contributed by atoms with van der Waals surface area (Å²) in [5, 5.41) is 0. The molecule has 3 nitrogen and oxygen atoms in total. The minimum atomic E-state index is 0.103. The van der Waals surface area contributed by atoms with Gasteiger partial charge in [0.05, 0.1) is 14.2 Å². The number of hydrogen-bond donors (Lipinski definition) is 0. The summed E-state index contributed by atoms with van der Waals surface area (Å²) in [7, 11) is 3.22. The SMILES string of the molecule is COc1cccc(/C=C2/CCc3ccccc3C2=O)c1OC. The quantitative estimate of drug-likeness (QED) is 0.805. The van der Waals surface area contributed by atoms with Crippen molar-refractivity contribution in [2.24, 2.45) is 0 Å². The summed E-state index contributed by atoms with van der Waals surface area (Å²) in [6.45, 7) is 0. The third kappa shape index (κ3) is 2.50. The Morgan fingerprint density at radius 1 is 0.955 bits per heavy atom. The second-order valence-electron chi connectivity index (χ2n) is 5.24. The van der Waals surface area contributed by atoms with Gasteiger partial charge in [-0.1, -0.05) is 36.4 Å². The Bertz CT molecular complexity index is 744. The molecule has 3 rings (SSSR count). The molecule has 0 N–H and O–H groups in total. The normalized spacial score (nSPS) is 15.5. The van der Waals surface area contributed by atoms with E-state index < -0.39 is 0 Å². The number of carbonyl (C=O) groups excluding carboxylic acids is 1. The van der Waals surface area contributed by atoms with Crippen molar-refractivity contribution in [1.29, 1.82) is 0 Å². The zero-order valence-corrected chi connectivity index (χ0v) is 12.8. The number of methoxy groups -OCH3 is 2. The fraction of sp³-hybridized carbons (Fsp3) is 0.211. The second kappa shape index (κ2) is 6.06. The first-order chi connectivity index (χ1) is 10.7. The van der Waals surface area contributed by atoms with E-state index in [0.717, 1.165) is 35.1 Å². The molecule has 0 aromatic heterocycles. The molecular formula is C19H18O3. The molecule has 112 valence electrons. The van der Waals surface area contributed by atoms with Crippen LogP contribution in [0.2, 0.25) is 0 Å². The van der Waals surface area contributed by atoms with Crippen LogP contribution in [0.25, 0.3) is 6.08 Å². The van der Waals surface area contributed by atoms with Gasteiger partial charge in [0.25, 0.3) is 0 Å². The third-order valence-electron chi connectivity index (χ3n) is 3.98. The molecule has 0 amide bonds. The maximum Gasteiger partial charge on any atom is 0.189 e. The molecule has 22 heavy (non-hydrogen) atoms. The Balaban J connectivity index is 2.02. The number of allylic oxidation sites excluding steroid dienone is 1. The molecule has 0 radical (unpaired) electrons. The van der Waals surface area contributed by atoms with Gasteiger partial charge >= 0.3 is 0 Å². The van der Waals surface area contributed by atoms with Crippen LogP contribution >= 0.6 is 0 Å². The minimum absolute atomic E-state index is 0.103. The average molecular weight is 294 g/mol. The number of ketones is 1. The van der Waals surface area contributed by atoms with Crippen LogP contribution in [0.5, 0.6) is 11.5 Å².